The number of methoxy groups -OCH3 is 1. The van der Waals surface area contributed by atoms with E-state index < -0.39 is 4.92 Å². The van der Waals surface area contributed by atoms with E-state index >= 15 is 0 Å². The van der Waals surface area contributed by atoms with E-state index in [2.05, 4.69) is 17.3 Å². The molecule has 116 valence electrons. The number of hydrogen-bond donors (Lipinski definition) is 1. The van der Waals surface area contributed by atoms with E-state index in [-0.39, 0.29) is 5.69 Å². The SMILES string of the molecule is COc1ccc(CN(C)CC2CCCNC2)cc1[N+](=O)[O-]. The fourth-order valence-electron chi connectivity index (χ4n) is 2.87. The Morgan fingerprint density at radius 3 is 2.95 bits per heavy atom. The highest BCUT2D eigenvalue weighted by atomic mass is 16.6. The van der Waals surface area contributed by atoms with Gasteiger partial charge in [-0.3, -0.25) is 10.1 Å². The van der Waals surface area contributed by atoms with E-state index in [1.54, 1.807) is 12.1 Å². The molecule has 6 heteroatoms. The summed E-state index contributed by atoms with van der Waals surface area (Å²) < 4.78 is 5.02. The first-order valence-corrected chi connectivity index (χ1v) is 7.30. The number of nitro benzene ring substituents is 1. The van der Waals surface area contributed by atoms with Crippen LogP contribution in [0, 0.1) is 16.0 Å². The molecule has 1 heterocycles. The molecule has 1 aromatic carbocycles. The largest absolute Gasteiger partial charge is 0.490 e. The lowest BCUT2D eigenvalue weighted by atomic mass is 9.99. The van der Waals surface area contributed by atoms with E-state index in [9.17, 15) is 10.1 Å². The van der Waals surface area contributed by atoms with Gasteiger partial charge in [-0.2, -0.15) is 0 Å². The molecule has 0 radical (unpaired) electrons. The summed E-state index contributed by atoms with van der Waals surface area (Å²) in [5, 5.41) is 14.4. The van der Waals surface area contributed by atoms with Gasteiger partial charge >= 0.3 is 5.69 Å². The van der Waals surface area contributed by atoms with Crippen molar-refractivity contribution in [3.05, 3.63) is 33.9 Å². The normalized spacial score (nSPS) is 18.7. The second-order valence-electron chi connectivity index (χ2n) is 5.67. The molecule has 0 bridgehead atoms. The quantitative estimate of drug-likeness (QED) is 0.642. The first-order valence-electron chi connectivity index (χ1n) is 7.30. The van der Waals surface area contributed by atoms with Gasteiger partial charge in [-0.05, 0) is 50.5 Å². The van der Waals surface area contributed by atoms with E-state index in [0.29, 0.717) is 18.2 Å². The summed E-state index contributed by atoms with van der Waals surface area (Å²) in [6.07, 6.45) is 2.48. The number of nitrogens with one attached hydrogen (secondary N) is 1. The zero-order valence-electron chi connectivity index (χ0n) is 12.7. The van der Waals surface area contributed by atoms with Crippen LogP contribution in [0.25, 0.3) is 0 Å². The second kappa shape index (κ2) is 7.38. The standard InChI is InChI=1S/C15H23N3O3/c1-17(11-13-4-3-7-16-9-13)10-12-5-6-15(21-2)14(8-12)18(19)20/h5-6,8,13,16H,3-4,7,9-11H2,1-2H3. The van der Waals surface area contributed by atoms with Crippen molar-refractivity contribution in [1.29, 1.82) is 0 Å². The smallest absolute Gasteiger partial charge is 0.311 e. The minimum Gasteiger partial charge on any atom is -0.490 e. The first kappa shape index (κ1) is 15.7. The summed E-state index contributed by atoms with van der Waals surface area (Å²) in [4.78, 5) is 12.9. The molecule has 0 aliphatic carbocycles. The fraction of sp³-hybridized carbons (Fsp3) is 0.600. The molecule has 1 aliphatic rings. The van der Waals surface area contributed by atoms with E-state index in [0.717, 1.165) is 25.2 Å². The molecule has 2 rings (SSSR count). The Kier molecular flexibility index (Phi) is 5.52. The third-order valence-corrected chi connectivity index (χ3v) is 3.86. The number of piperidine rings is 1. The summed E-state index contributed by atoms with van der Waals surface area (Å²) in [6, 6.07) is 5.17. The maximum absolute atomic E-state index is 11.0. The molecule has 6 nitrogen and oxygen atoms in total. The summed E-state index contributed by atoms with van der Waals surface area (Å²) in [5.74, 6) is 0.972. The summed E-state index contributed by atoms with van der Waals surface area (Å²) >= 11 is 0. The van der Waals surface area contributed by atoms with E-state index in [4.69, 9.17) is 4.74 Å². The highest BCUT2D eigenvalue weighted by Gasteiger charge is 2.18. The number of rotatable bonds is 6. The monoisotopic (exact) mass is 293 g/mol. The van der Waals surface area contributed by atoms with Gasteiger partial charge < -0.3 is 15.0 Å². The van der Waals surface area contributed by atoms with Crippen LogP contribution >= 0.6 is 0 Å². The van der Waals surface area contributed by atoms with Crippen LogP contribution in [-0.4, -0.2) is 43.6 Å². The Morgan fingerprint density at radius 1 is 1.52 bits per heavy atom. The average molecular weight is 293 g/mol. The Morgan fingerprint density at radius 2 is 2.33 bits per heavy atom. The maximum Gasteiger partial charge on any atom is 0.311 e. The third kappa shape index (κ3) is 4.41. The van der Waals surface area contributed by atoms with Gasteiger partial charge in [0.25, 0.3) is 0 Å². The van der Waals surface area contributed by atoms with Crippen molar-refractivity contribution in [2.45, 2.75) is 19.4 Å². The minimum atomic E-state index is -0.395. The van der Waals surface area contributed by atoms with Crippen molar-refractivity contribution in [3.63, 3.8) is 0 Å². The molecular weight excluding hydrogens is 270 g/mol. The molecule has 0 spiro atoms. The van der Waals surface area contributed by atoms with Crippen molar-refractivity contribution < 1.29 is 9.66 Å². The van der Waals surface area contributed by atoms with Crippen molar-refractivity contribution in [1.82, 2.24) is 10.2 Å². The zero-order chi connectivity index (χ0) is 15.2. The highest BCUT2D eigenvalue weighted by molar-refractivity contribution is 5.48. The predicted octanol–water partition coefficient (Wildman–Crippen LogP) is 2.03. The average Bonchev–Trinajstić information content (AvgIpc) is 2.48. The molecule has 1 saturated heterocycles. The molecule has 1 N–H and O–H groups in total. The molecule has 1 aliphatic heterocycles. The first-order chi connectivity index (χ1) is 10.1. The molecule has 0 saturated carbocycles. The second-order valence-corrected chi connectivity index (χ2v) is 5.67. The van der Waals surface area contributed by atoms with Crippen LogP contribution in [0.1, 0.15) is 18.4 Å². The fourth-order valence-corrected chi connectivity index (χ4v) is 2.87. The number of nitrogens with zero attached hydrogens (tertiary/aromatic N) is 2. The number of benzene rings is 1. The number of nitro groups is 1. The Hall–Kier alpha value is -1.66. The van der Waals surface area contributed by atoms with Crippen LogP contribution in [-0.2, 0) is 6.54 Å². The van der Waals surface area contributed by atoms with Crippen molar-refractivity contribution >= 4 is 5.69 Å². The lowest BCUT2D eigenvalue weighted by Crippen LogP contribution is -2.36. The van der Waals surface area contributed by atoms with Crippen molar-refractivity contribution in [3.8, 4) is 5.75 Å². The molecule has 21 heavy (non-hydrogen) atoms. The topological polar surface area (TPSA) is 67.6 Å². The maximum atomic E-state index is 11.0. The Balaban J connectivity index is 1.98. The van der Waals surface area contributed by atoms with Crippen molar-refractivity contribution in [2.75, 3.05) is 33.8 Å². The summed E-state index contributed by atoms with van der Waals surface area (Å²) in [5.41, 5.74) is 0.969. The predicted molar refractivity (Wildman–Crippen MR) is 81.6 cm³/mol. The summed E-state index contributed by atoms with van der Waals surface area (Å²) in [7, 11) is 3.51. The van der Waals surface area contributed by atoms with Crippen LogP contribution in [0.5, 0.6) is 5.75 Å². The van der Waals surface area contributed by atoms with Gasteiger partial charge in [-0.1, -0.05) is 6.07 Å². The molecule has 0 aromatic heterocycles. The van der Waals surface area contributed by atoms with Gasteiger partial charge in [0.05, 0.1) is 12.0 Å². The van der Waals surface area contributed by atoms with Gasteiger partial charge in [0.15, 0.2) is 5.75 Å². The number of ether oxygens (including phenoxy) is 1. The van der Waals surface area contributed by atoms with Crippen LogP contribution < -0.4 is 10.1 Å². The van der Waals surface area contributed by atoms with Gasteiger partial charge in [0.1, 0.15) is 0 Å². The van der Waals surface area contributed by atoms with Gasteiger partial charge in [0.2, 0.25) is 0 Å². The Labute approximate surface area is 125 Å². The van der Waals surface area contributed by atoms with Crippen LogP contribution in [0.2, 0.25) is 0 Å². The molecule has 1 unspecified atom stereocenters. The molecule has 1 fully saturated rings. The van der Waals surface area contributed by atoms with Crippen LogP contribution in [0.3, 0.4) is 0 Å². The highest BCUT2D eigenvalue weighted by Crippen LogP contribution is 2.28. The molecule has 0 amide bonds. The van der Waals surface area contributed by atoms with E-state index in [1.807, 2.05) is 6.07 Å². The molecule has 1 atom stereocenters. The van der Waals surface area contributed by atoms with Gasteiger partial charge in [0, 0.05) is 19.2 Å². The summed E-state index contributed by atoms with van der Waals surface area (Å²) in [6.45, 7) is 3.89. The Bertz CT molecular complexity index is 487. The zero-order valence-corrected chi connectivity index (χ0v) is 12.7. The third-order valence-electron chi connectivity index (χ3n) is 3.86. The van der Waals surface area contributed by atoms with E-state index in [1.165, 1.54) is 20.0 Å². The van der Waals surface area contributed by atoms with Crippen molar-refractivity contribution in [2.24, 2.45) is 5.92 Å². The van der Waals surface area contributed by atoms with Crippen LogP contribution in [0.4, 0.5) is 5.69 Å². The van der Waals surface area contributed by atoms with Gasteiger partial charge in [-0.25, -0.2) is 0 Å². The lowest BCUT2D eigenvalue weighted by molar-refractivity contribution is -0.385. The van der Waals surface area contributed by atoms with Crippen LogP contribution in [0.15, 0.2) is 18.2 Å². The molecule has 1 aromatic rings. The minimum absolute atomic E-state index is 0.0303. The molecular formula is C15H23N3O3. The van der Waals surface area contributed by atoms with Gasteiger partial charge in [-0.15, -0.1) is 0 Å². The number of hydrogen-bond acceptors (Lipinski definition) is 5. The lowest BCUT2D eigenvalue weighted by Gasteiger charge is -2.27.